The number of ether oxygens (including phenoxy) is 2. The predicted molar refractivity (Wildman–Crippen MR) is 220 cm³/mol. The van der Waals surface area contributed by atoms with Crippen LogP contribution in [0.1, 0.15) is 79.2 Å². The van der Waals surface area contributed by atoms with E-state index in [4.69, 9.17) is 15.2 Å². The summed E-state index contributed by atoms with van der Waals surface area (Å²) in [5, 5.41) is 9.33. The molecule has 1 atom stereocenters. The molecule has 0 aliphatic carbocycles. The monoisotopic (exact) mass is 741 g/mol. The minimum absolute atomic E-state index is 0.132. The van der Waals surface area contributed by atoms with Gasteiger partial charge in [0.05, 0.1) is 31.4 Å². The third kappa shape index (κ3) is 9.77. The molecule has 8 heteroatoms. The van der Waals surface area contributed by atoms with Crippen LogP contribution in [-0.4, -0.2) is 80.1 Å². The molecule has 2 fully saturated rings. The van der Waals surface area contributed by atoms with Crippen LogP contribution < -0.4 is 15.2 Å². The molecule has 0 aromatic heterocycles. The molecule has 0 bridgehead atoms. The maximum atomic E-state index is 13.5. The summed E-state index contributed by atoms with van der Waals surface area (Å²) in [5.41, 5.74) is 10.6. The Morgan fingerprint density at radius 2 is 1.35 bits per heavy atom. The number of nitriles is 1. The number of carbonyl (C=O) groups excluding carboxylic acids is 1. The van der Waals surface area contributed by atoms with Crippen molar-refractivity contribution in [3.63, 3.8) is 0 Å². The van der Waals surface area contributed by atoms with Gasteiger partial charge >= 0.3 is 0 Å². The highest BCUT2D eigenvalue weighted by Crippen LogP contribution is 2.43. The number of unbranched alkanes of at least 4 members (excludes halogenated alkanes) is 4. The maximum Gasteiger partial charge on any atom is 0.232 e. The molecular weight excluding hydrogens is 683 g/mol. The molecule has 0 unspecified atom stereocenters. The Labute approximate surface area is 328 Å². The highest BCUT2D eigenvalue weighted by molar-refractivity contribution is 5.91. The number of likely N-dealkylation sites (tertiary alicyclic amines) is 2. The average Bonchev–Trinajstić information content (AvgIpc) is 3.70. The summed E-state index contributed by atoms with van der Waals surface area (Å²) in [7, 11) is 3.45. The Hall–Kier alpha value is -4.68. The first kappa shape index (κ1) is 40.0. The minimum Gasteiger partial charge on any atom is -0.496 e. The fraction of sp³-hybridized carbons (Fsp3) is 0.447. The van der Waals surface area contributed by atoms with Gasteiger partial charge in [0.25, 0.3) is 0 Å². The number of nitrogens with zero attached hydrogens (tertiary/aromatic N) is 4. The molecule has 55 heavy (non-hydrogen) atoms. The molecule has 290 valence electrons. The summed E-state index contributed by atoms with van der Waals surface area (Å²) in [6.45, 7) is 7.79. The summed E-state index contributed by atoms with van der Waals surface area (Å²) in [4.78, 5) is 21.2. The van der Waals surface area contributed by atoms with Gasteiger partial charge in [-0.25, -0.2) is 0 Å². The van der Waals surface area contributed by atoms with Gasteiger partial charge in [0.2, 0.25) is 5.91 Å². The fourth-order valence-corrected chi connectivity index (χ4v) is 9.16. The van der Waals surface area contributed by atoms with Gasteiger partial charge in [-0.2, -0.15) is 5.26 Å². The predicted octanol–water partition coefficient (Wildman–Crippen LogP) is 7.79. The molecule has 4 aromatic carbocycles. The molecule has 2 aliphatic heterocycles. The molecule has 1 amide bonds. The Morgan fingerprint density at radius 3 is 1.93 bits per heavy atom. The van der Waals surface area contributed by atoms with Crippen molar-refractivity contribution >= 4 is 5.91 Å². The van der Waals surface area contributed by atoms with E-state index in [1.54, 1.807) is 14.2 Å². The van der Waals surface area contributed by atoms with Gasteiger partial charge in [-0.15, -0.1) is 0 Å². The zero-order chi connectivity index (χ0) is 38.5. The van der Waals surface area contributed by atoms with E-state index in [-0.39, 0.29) is 11.8 Å². The van der Waals surface area contributed by atoms with Crippen LogP contribution in [0.2, 0.25) is 0 Å². The van der Waals surface area contributed by atoms with Crippen molar-refractivity contribution in [2.24, 2.45) is 11.7 Å². The lowest BCUT2D eigenvalue weighted by Crippen LogP contribution is -2.49. The van der Waals surface area contributed by atoms with Crippen molar-refractivity contribution in [2.75, 3.05) is 53.5 Å². The van der Waals surface area contributed by atoms with Gasteiger partial charge in [0, 0.05) is 25.7 Å². The lowest BCUT2D eigenvalue weighted by molar-refractivity contribution is -0.123. The van der Waals surface area contributed by atoms with E-state index in [1.165, 1.54) is 31.2 Å². The maximum absolute atomic E-state index is 13.5. The first-order valence-electron chi connectivity index (χ1n) is 20.2. The van der Waals surface area contributed by atoms with Crippen LogP contribution in [0, 0.1) is 17.2 Å². The highest BCUT2D eigenvalue weighted by Gasteiger charge is 2.49. The smallest absolute Gasteiger partial charge is 0.232 e. The van der Waals surface area contributed by atoms with Crippen LogP contribution in [-0.2, 0) is 23.3 Å². The second kappa shape index (κ2) is 19.8. The van der Waals surface area contributed by atoms with E-state index in [0.29, 0.717) is 11.6 Å². The van der Waals surface area contributed by atoms with Gasteiger partial charge in [0.15, 0.2) is 0 Å². The van der Waals surface area contributed by atoms with Crippen LogP contribution in [0.4, 0.5) is 0 Å². The molecule has 2 saturated heterocycles. The molecule has 6 rings (SSSR count). The van der Waals surface area contributed by atoms with Crippen molar-refractivity contribution in [1.29, 1.82) is 5.26 Å². The van der Waals surface area contributed by atoms with Crippen molar-refractivity contribution < 1.29 is 14.3 Å². The number of piperidine rings is 1. The van der Waals surface area contributed by atoms with Gasteiger partial charge in [-0.05, 0) is 112 Å². The molecule has 0 radical (unpaired) electrons. The molecule has 2 N–H and O–H groups in total. The van der Waals surface area contributed by atoms with Crippen molar-refractivity contribution in [3.05, 3.63) is 131 Å². The highest BCUT2D eigenvalue weighted by atomic mass is 16.5. The lowest BCUT2D eigenvalue weighted by atomic mass is 9.64. The van der Waals surface area contributed by atoms with Crippen LogP contribution in [0.15, 0.2) is 103 Å². The number of hydrogen-bond donors (Lipinski definition) is 1. The number of amides is 1. The van der Waals surface area contributed by atoms with E-state index in [1.807, 2.05) is 66.7 Å². The standard InChI is InChI=1S/C47H59N5O3/c1-54-44-19-14-20-45(55-2)43(44)36-51-31-26-42(27-32-51)52(34-38-23-21-37(33-48)22-24-38)29-13-5-3-4-12-28-50-30-25-41(35-50)47(46(49)53,39-15-8-6-9-16-39)40-17-10-7-11-18-40/h6-11,14-24,41-42H,3-5,12-13,25-32,34-36H2,1-2H3,(H2,49,53)/t41-/m1/s1. The minimum atomic E-state index is -0.833. The van der Waals surface area contributed by atoms with Gasteiger partial charge in [-0.3, -0.25) is 14.6 Å². The third-order valence-electron chi connectivity index (χ3n) is 12.1. The van der Waals surface area contributed by atoms with E-state index in [9.17, 15) is 10.1 Å². The normalized spacial score (nSPS) is 16.9. The van der Waals surface area contributed by atoms with E-state index < -0.39 is 5.41 Å². The number of methoxy groups -OCH3 is 2. The SMILES string of the molecule is COc1cccc(OC)c1CN1CCC(N(CCCCCCCN2CC[C@@H](C(C(N)=O)(c3ccccc3)c3ccccc3)C2)Cc2ccc(C#N)cc2)CC1. The molecule has 8 nitrogen and oxygen atoms in total. The number of rotatable bonds is 19. The molecule has 2 aliphatic rings. The summed E-state index contributed by atoms with van der Waals surface area (Å²) in [5.74, 6) is 1.63. The van der Waals surface area contributed by atoms with E-state index >= 15 is 0 Å². The van der Waals surface area contributed by atoms with Crippen molar-refractivity contribution in [3.8, 4) is 17.6 Å². The van der Waals surface area contributed by atoms with Gasteiger partial charge in [0.1, 0.15) is 16.9 Å². The second-order valence-electron chi connectivity index (χ2n) is 15.4. The number of hydrogen-bond acceptors (Lipinski definition) is 7. The first-order valence-corrected chi connectivity index (χ1v) is 20.2. The Kier molecular flexibility index (Phi) is 14.4. The Bertz CT molecular complexity index is 1760. The molecule has 0 spiro atoms. The Balaban J connectivity index is 0.987. The summed E-state index contributed by atoms with van der Waals surface area (Å²) in [6, 6.07) is 37.2. The molecular formula is C47H59N5O3. The number of primary amides is 1. The van der Waals surface area contributed by atoms with Crippen molar-refractivity contribution in [1.82, 2.24) is 14.7 Å². The summed E-state index contributed by atoms with van der Waals surface area (Å²) in [6.07, 6.45) is 9.18. The van der Waals surface area contributed by atoms with E-state index in [0.717, 1.165) is 106 Å². The molecule has 4 aromatic rings. The van der Waals surface area contributed by atoms with Gasteiger partial charge < -0.3 is 20.1 Å². The Morgan fingerprint density at radius 1 is 0.764 bits per heavy atom. The number of nitrogens with two attached hydrogens (primary N) is 1. The number of benzene rings is 4. The van der Waals surface area contributed by atoms with Crippen LogP contribution in [0.25, 0.3) is 0 Å². The van der Waals surface area contributed by atoms with Crippen LogP contribution in [0.3, 0.4) is 0 Å². The molecule has 2 heterocycles. The number of carbonyl (C=O) groups is 1. The topological polar surface area (TPSA) is 95.1 Å². The molecule has 0 saturated carbocycles. The van der Waals surface area contributed by atoms with E-state index in [2.05, 4.69) is 57.2 Å². The quantitative estimate of drug-likeness (QED) is 0.0982. The largest absolute Gasteiger partial charge is 0.496 e. The lowest BCUT2D eigenvalue weighted by Gasteiger charge is -2.39. The zero-order valence-electron chi connectivity index (χ0n) is 32.9. The van der Waals surface area contributed by atoms with Crippen LogP contribution >= 0.6 is 0 Å². The van der Waals surface area contributed by atoms with Gasteiger partial charge in [-0.1, -0.05) is 98.1 Å². The average molecular weight is 742 g/mol. The summed E-state index contributed by atoms with van der Waals surface area (Å²) >= 11 is 0. The van der Waals surface area contributed by atoms with Crippen molar-refractivity contribution in [2.45, 2.75) is 75.9 Å². The second-order valence-corrected chi connectivity index (χ2v) is 15.4. The first-order chi connectivity index (χ1) is 27.0. The third-order valence-corrected chi connectivity index (χ3v) is 12.1. The zero-order valence-corrected chi connectivity index (χ0v) is 32.9. The van der Waals surface area contributed by atoms with Crippen LogP contribution in [0.5, 0.6) is 11.5 Å². The fourth-order valence-electron chi connectivity index (χ4n) is 9.16. The summed E-state index contributed by atoms with van der Waals surface area (Å²) < 4.78 is 11.4.